The predicted molar refractivity (Wildman–Crippen MR) is 84.9 cm³/mol. The van der Waals surface area contributed by atoms with Crippen LogP contribution in [0.5, 0.6) is 0 Å². The average molecular weight is 321 g/mol. The van der Waals surface area contributed by atoms with Crippen LogP contribution in [-0.4, -0.2) is 20.1 Å². The van der Waals surface area contributed by atoms with Crippen LogP contribution in [0.2, 0.25) is 0 Å². The third-order valence-corrected chi connectivity index (χ3v) is 5.47. The second kappa shape index (κ2) is 6.76. The summed E-state index contributed by atoms with van der Waals surface area (Å²) < 4.78 is 27.5. The van der Waals surface area contributed by atoms with E-state index in [4.69, 9.17) is 5.11 Å². The molecular formula is C15H15NO3S2. The van der Waals surface area contributed by atoms with E-state index in [1.54, 1.807) is 36.4 Å². The molecule has 0 aliphatic rings. The summed E-state index contributed by atoms with van der Waals surface area (Å²) in [5.74, 6) is 5.65. The van der Waals surface area contributed by atoms with E-state index in [-0.39, 0.29) is 10.8 Å². The Morgan fingerprint density at radius 3 is 2.67 bits per heavy atom. The summed E-state index contributed by atoms with van der Waals surface area (Å²) in [4.78, 5) is 0.936. The minimum Gasteiger partial charge on any atom is -0.395 e. The van der Waals surface area contributed by atoms with E-state index in [0.717, 1.165) is 4.88 Å². The number of aryl methyl sites for hydroxylation is 1. The maximum absolute atomic E-state index is 12.3. The molecule has 0 amide bonds. The Balaban J connectivity index is 2.30. The fraction of sp³-hybridized carbons (Fsp3) is 0.200. The number of hydrogen-bond donors (Lipinski definition) is 2. The van der Waals surface area contributed by atoms with Crippen molar-refractivity contribution in [3.8, 4) is 11.8 Å². The van der Waals surface area contributed by atoms with Crippen molar-refractivity contribution in [3.63, 3.8) is 0 Å². The van der Waals surface area contributed by atoms with E-state index < -0.39 is 10.0 Å². The SMILES string of the molecule is Cc1ccc(S(=O)(=O)Nc2ccccc2C#CCCO)s1. The lowest BCUT2D eigenvalue weighted by atomic mass is 10.2. The summed E-state index contributed by atoms with van der Waals surface area (Å²) in [7, 11) is -3.59. The molecule has 0 radical (unpaired) electrons. The molecule has 0 spiro atoms. The molecule has 0 saturated heterocycles. The van der Waals surface area contributed by atoms with Gasteiger partial charge in [-0.15, -0.1) is 11.3 Å². The molecule has 21 heavy (non-hydrogen) atoms. The highest BCUT2D eigenvalue weighted by atomic mass is 32.2. The van der Waals surface area contributed by atoms with Crippen molar-refractivity contribution >= 4 is 27.0 Å². The van der Waals surface area contributed by atoms with Gasteiger partial charge in [-0.25, -0.2) is 8.42 Å². The molecule has 1 aromatic heterocycles. The van der Waals surface area contributed by atoms with E-state index in [1.165, 1.54) is 11.3 Å². The van der Waals surface area contributed by atoms with Crippen LogP contribution < -0.4 is 4.72 Å². The van der Waals surface area contributed by atoms with Crippen molar-refractivity contribution in [2.75, 3.05) is 11.3 Å². The van der Waals surface area contributed by atoms with Gasteiger partial charge < -0.3 is 5.11 Å². The van der Waals surface area contributed by atoms with Crippen molar-refractivity contribution in [2.24, 2.45) is 0 Å². The first-order chi connectivity index (χ1) is 10.0. The zero-order valence-corrected chi connectivity index (χ0v) is 13.1. The van der Waals surface area contributed by atoms with E-state index in [0.29, 0.717) is 17.7 Å². The molecule has 1 heterocycles. The number of benzene rings is 1. The quantitative estimate of drug-likeness (QED) is 0.851. The zero-order chi connectivity index (χ0) is 15.3. The topological polar surface area (TPSA) is 66.4 Å². The van der Waals surface area contributed by atoms with E-state index in [2.05, 4.69) is 16.6 Å². The number of hydrogen-bond acceptors (Lipinski definition) is 4. The van der Waals surface area contributed by atoms with Gasteiger partial charge in [0.05, 0.1) is 12.3 Å². The third kappa shape index (κ3) is 4.08. The van der Waals surface area contributed by atoms with Crippen LogP contribution in [0.3, 0.4) is 0 Å². The molecule has 0 atom stereocenters. The van der Waals surface area contributed by atoms with Crippen molar-refractivity contribution in [1.82, 2.24) is 0 Å². The highest BCUT2D eigenvalue weighted by Gasteiger charge is 2.17. The van der Waals surface area contributed by atoms with Crippen molar-refractivity contribution < 1.29 is 13.5 Å². The zero-order valence-electron chi connectivity index (χ0n) is 11.5. The number of rotatable bonds is 4. The van der Waals surface area contributed by atoms with Crippen LogP contribution in [0, 0.1) is 18.8 Å². The normalized spacial score (nSPS) is 10.8. The minimum atomic E-state index is -3.59. The standard InChI is InChI=1S/C15H15NO3S2/c1-12-9-10-15(20-12)21(18,19)16-14-8-3-2-6-13(14)7-4-5-11-17/h2-3,6,8-10,16-17H,5,11H2,1H3. The fourth-order valence-electron chi connectivity index (χ4n) is 1.65. The molecular weight excluding hydrogens is 306 g/mol. The number of aliphatic hydroxyl groups is 1. The Bertz CT molecular complexity index is 782. The molecule has 4 nitrogen and oxygen atoms in total. The highest BCUT2D eigenvalue weighted by molar-refractivity contribution is 7.94. The van der Waals surface area contributed by atoms with Crippen LogP contribution in [-0.2, 0) is 10.0 Å². The van der Waals surface area contributed by atoms with Gasteiger partial charge in [-0.05, 0) is 31.2 Å². The lowest BCUT2D eigenvalue weighted by Crippen LogP contribution is -2.12. The summed E-state index contributed by atoms with van der Waals surface area (Å²) in [6.07, 6.45) is 0.352. The summed E-state index contributed by atoms with van der Waals surface area (Å²) in [5.41, 5.74) is 1.02. The molecule has 0 unspecified atom stereocenters. The van der Waals surface area contributed by atoms with Gasteiger partial charge in [0.1, 0.15) is 4.21 Å². The lowest BCUT2D eigenvalue weighted by Gasteiger charge is -2.08. The average Bonchev–Trinajstić information content (AvgIpc) is 2.88. The first kappa shape index (κ1) is 15.6. The van der Waals surface area contributed by atoms with Crippen molar-refractivity contribution in [1.29, 1.82) is 0 Å². The molecule has 110 valence electrons. The summed E-state index contributed by atoms with van der Waals surface area (Å²) in [5, 5.41) is 8.74. The molecule has 0 fully saturated rings. The Hall–Kier alpha value is -1.81. The van der Waals surface area contributed by atoms with Gasteiger partial charge in [0.25, 0.3) is 10.0 Å². The van der Waals surface area contributed by atoms with Gasteiger partial charge in [-0.3, -0.25) is 4.72 Å². The molecule has 6 heteroatoms. The number of sulfonamides is 1. The maximum atomic E-state index is 12.3. The largest absolute Gasteiger partial charge is 0.395 e. The van der Waals surface area contributed by atoms with Crippen molar-refractivity contribution in [2.45, 2.75) is 17.6 Å². The van der Waals surface area contributed by atoms with Gasteiger partial charge in [0.15, 0.2) is 0 Å². The smallest absolute Gasteiger partial charge is 0.271 e. The van der Waals surface area contributed by atoms with Gasteiger partial charge in [0.2, 0.25) is 0 Å². The molecule has 2 rings (SSSR count). The monoisotopic (exact) mass is 321 g/mol. The molecule has 0 aliphatic carbocycles. The van der Waals surface area contributed by atoms with Crippen LogP contribution >= 0.6 is 11.3 Å². The Kier molecular flexibility index (Phi) is 5.02. The second-order valence-electron chi connectivity index (χ2n) is 4.29. The van der Waals surface area contributed by atoms with Crippen LogP contribution in [0.15, 0.2) is 40.6 Å². The van der Waals surface area contributed by atoms with E-state index in [1.807, 2.05) is 6.92 Å². The number of para-hydroxylation sites is 1. The highest BCUT2D eigenvalue weighted by Crippen LogP contribution is 2.24. The van der Waals surface area contributed by atoms with E-state index >= 15 is 0 Å². The number of nitrogens with one attached hydrogen (secondary N) is 1. The molecule has 1 aromatic carbocycles. The summed E-state index contributed by atoms with van der Waals surface area (Å²) in [6.45, 7) is 1.84. The minimum absolute atomic E-state index is 0.0185. The molecule has 2 N–H and O–H groups in total. The number of anilines is 1. The van der Waals surface area contributed by atoms with Crippen molar-refractivity contribution in [3.05, 3.63) is 46.8 Å². The van der Waals surface area contributed by atoms with Crippen LogP contribution in [0.4, 0.5) is 5.69 Å². The van der Waals surface area contributed by atoms with Gasteiger partial charge in [-0.1, -0.05) is 24.0 Å². The van der Waals surface area contributed by atoms with Gasteiger partial charge >= 0.3 is 0 Å². The predicted octanol–water partition coefficient (Wildman–Crippen LogP) is 2.59. The molecule has 0 aliphatic heterocycles. The Morgan fingerprint density at radius 2 is 2.00 bits per heavy atom. The van der Waals surface area contributed by atoms with Gasteiger partial charge in [-0.2, -0.15) is 0 Å². The summed E-state index contributed by atoms with van der Waals surface area (Å²) >= 11 is 1.22. The molecule has 2 aromatic rings. The third-order valence-electron chi connectivity index (χ3n) is 2.61. The molecule has 0 saturated carbocycles. The Labute approximate surface area is 128 Å². The first-order valence-corrected chi connectivity index (χ1v) is 8.61. The summed E-state index contributed by atoms with van der Waals surface area (Å²) in [6, 6.07) is 10.3. The molecule has 0 bridgehead atoms. The number of thiophene rings is 1. The first-order valence-electron chi connectivity index (χ1n) is 6.31. The number of aliphatic hydroxyl groups excluding tert-OH is 1. The lowest BCUT2D eigenvalue weighted by molar-refractivity contribution is 0.305. The second-order valence-corrected chi connectivity index (χ2v) is 7.49. The fourth-order valence-corrected chi connectivity index (χ4v) is 4.01. The van der Waals surface area contributed by atoms with Gasteiger partial charge in [0, 0.05) is 16.9 Å². The van der Waals surface area contributed by atoms with E-state index in [9.17, 15) is 8.42 Å². The Morgan fingerprint density at radius 1 is 1.24 bits per heavy atom. The van der Waals surface area contributed by atoms with Crippen LogP contribution in [0.25, 0.3) is 0 Å². The van der Waals surface area contributed by atoms with Crippen LogP contribution in [0.1, 0.15) is 16.9 Å². The maximum Gasteiger partial charge on any atom is 0.271 e.